The molecule has 0 bridgehead atoms. The molecule has 1 aromatic rings. The molecule has 4 nitrogen and oxygen atoms in total. The van der Waals surface area contributed by atoms with Gasteiger partial charge in [-0.1, -0.05) is 6.92 Å². The summed E-state index contributed by atoms with van der Waals surface area (Å²) in [5, 5.41) is 3.57. The van der Waals surface area contributed by atoms with Gasteiger partial charge in [0.05, 0.1) is 6.54 Å². The third kappa shape index (κ3) is 6.53. The van der Waals surface area contributed by atoms with Crippen LogP contribution < -0.4 is 5.32 Å². The molecule has 1 atom stereocenters. The number of aromatic nitrogens is 2. The largest absolute Gasteiger partial charge is 0.312 e. The van der Waals surface area contributed by atoms with Gasteiger partial charge in [0.25, 0.3) is 0 Å². The third-order valence-corrected chi connectivity index (χ3v) is 3.46. The van der Waals surface area contributed by atoms with E-state index in [1.165, 1.54) is 5.56 Å². The average molecular weight is 292 g/mol. The molecule has 0 radical (unpaired) electrons. The quantitative estimate of drug-likeness (QED) is 0.875. The Hall–Kier alpha value is -1.00. The van der Waals surface area contributed by atoms with Crippen LogP contribution in [-0.2, 0) is 13.0 Å². The summed E-state index contributed by atoms with van der Waals surface area (Å²) in [6.45, 7) is 14.9. The van der Waals surface area contributed by atoms with Crippen molar-refractivity contribution in [3.63, 3.8) is 0 Å². The summed E-state index contributed by atoms with van der Waals surface area (Å²) in [5.74, 6) is 1.49. The molecule has 1 rings (SSSR count). The molecule has 1 unspecified atom stereocenters. The number of rotatable bonds is 6. The summed E-state index contributed by atoms with van der Waals surface area (Å²) in [4.78, 5) is 11.4. The molecule has 0 saturated carbocycles. The molecule has 0 spiro atoms. The summed E-state index contributed by atoms with van der Waals surface area (Å²) in [7, 11) is 4.09. The van der Waals surface area contributed by atoms with Crippen LogP contribution >= 0.6 is 0 Å². The summed E-state index contributed by atoms with van der Waals surface area (Å²) in [5.41, 5.74) is 3.73. The highest BCUT2D eigenvalue weighted by Gasteiger charge is 2.15. The second kappa shape index (κ2) is 7.32. The van der Waals surface area contributed by atoms with E-state index in [4.69, 9.17) is 0 Å². The second-order valence-corrected chi connectivity index (χ2v) is 7.47. The maximum Gasteiger partial charge on any atom is 0.142 e. The van der Waals surface area contributed by atoms with Crippen LogP contribution in [0.25, 0.3) is 0 Å². The Morgan fingerprint density at radius 3 is 2.05 bits per heavy atom. The lowest BCUT2D eigenvalue weighted by Crippen LogP contribution is -2.39. The Labute approximate surface area is 130 Å². The Morgan fingerprint density at radius 1 is 1.10 bits per heavy atom. The first kappa shape index (κ1) is 18.1. The summed E-state index contributed by atoms with van der Waals surface area (Å²) in [6, 6.07) is 0. The fourth-order valence-corrected chi connectivity index (χ4v) is 2.36. The lowest BCUT2D eigenvalue weighted by Gasteiger charge is -2.24. The molecule has 0 aliphatic rings. The zero-order chi connectivity index (χ0) is 16.2. The van der Waals surface area contributed by atoms with Gasteiger partial charge in [0.15, 0.2) is 0 Å². The molecule has 4 heteroatoms. The van der Waals surface area contributed by atoms with Crippen molar-refractivity contribution >= 4 is 0 Å². The van der Waals surface area contributed by atoms with Crippen molar-refractivity contribution in [3.05, 3.63) is 22.8 Å². The number of aryl methyl sites for hydroxylation is 2. The van der Waals surface area contributed by atoms with Gasteiger partial charge in [0, 0.05) is 16.9 Å². The fourth-order valence-electron chi connectivity index (χ4n) is 2.36. The van der Waals surface area contributed by atoms with Crippen molar-refractivity contribution in [2.75, 3.05) is 20.6 Å². The molecule has 120 valence electrons. The van der Waals surface area contributed by atoms with Gasteiger partial charge >= 0.3 is 0 Å². The Morgan fingerprint density at radius 2 is 1.62 bits per heavy atom. The van der Waals surface area contributed by atoms with Gasteiger partial charge in [-0.05, 0) is 73.2 Å². The molecule has 1 N–H and O–H groups in total. The first-order valence-electron chi connectivity index (χ1n) is 7.81. The van der Waals surface area contributed by atoms with Gasteiger partial charge in [0.1, 0.15) is 5.82 Å². The van der Waals surface area contributed by atoms with Gasteiger partial charge in [0.2, 0.25) is 0 Å². The SMILES string of the molecule is Cc1nc(CN(C)C)nc(C)c1CC(C)CNC(C)(C)C. The van der Waals surface area contributed by atoms with E-state index in [9.17, 15) is 0 Å². The maximum absolute atomic E-state index is 4.66. The Kier molecular flexibility index (Phi) is 6.29. The van der Waals surface area contributed by atoms with E-state index in [1.54, 1.807) is 0 Å². The van der Waals surface area contributed by atoms with Crippen LogP contribution in [0, 0.1) is 19.8 Å². The van der Waals surface area contributed by atoms with Crippen molar-refractivity contribution in [1.82, 2.24) is 20.2 Å². The first-order chi connectivity index (χ1) is 9.58. The molecule has 0 amide bonds. The smallest absolute Gasteiger partial charge is 0.142 e. The van der Waals surface area contributed by atoms with E-state index in [0.717, 1.165) is 36.7 Å². The highest BCUT2D eigenvalue weighted by molar-refractivity contribution is 5.25. The predicted octanol–water partition coefficient (Wildman–Crippen LogP) is 2.72. The summed E-state index contributed by atoms with van der Waals surface area (Å²) in [6.07, 6.45) is 1.03. The minimum Gasteiger partial charge on any atom is -0.312 e. The van der Waals surface area contributed by atoms with E-state index < -0.39 is 0 Å². The highest BCUT2D eigenvalue weighted by Crippen LogP contribution is 2.16. The maximum atomic E-state index is 4.66. The molecule has 1 heterocycles. The normalized spacial score (nSPS) is 13.8. The van der Waals surface area contributed by atoms with Crippen LogP contribution in [0.2, 0.25) is 0 Å². The van der Waals surface area contributed by atoms with E-state index >= 15 is 0 Å². The minimum absolute atomic E-state index is 0.171. The molecular formula is C17H32N4. The molecule has 0 saturated heterocycles. The highest BCUT2D eigenvalue weighted by atomic mass is 15.1. The van der Waals surface area contributed by atoms with Crippen LogP contribution in [0.15, 0.2) is 0 Å². The zero-order valence-electron chi connectivity index (χ0n) is 15.0. The first-order valence-corrected chi connectivity index (χ1v) is 7.81. The molecule has 21 heavy (non-hydrogen) atoms. The van der Waals surface area contributed by atoms with Crippen LogP contribution in [0.1, 0.15) is 50.5 Å². The van der Waals surface area contributed by atoms with E-state index in [0.29, 0.717) is 5.92 Å². The van der Waals surface area contributed by atoms with E-state index in [1.807, 2.05) is 14.1 Å². The van der Waals surface area contributed by atoms with Gasteiger partial charge in [-0.2, -0.15) is 0 Å². The van der Waals surface area contributed by atoms with Crippen LogP contribution in [0.5, 0.6) is 0 Å². The fraction of sp³-hybridized carbons (Fsp3) is 0.765. The zero-order valence-corrected chi connectivity index (χ0v) is 15.0. The monoisotopic (exact) mass is 292 g/mol. The minimum atomic E-state index is 0.171. The number of hydrogen-bond acceptors (Lipinski definition) is 4. The van der Waals surface area contributed by atoms with Crippen molar-refractivity contribution < 1.29 is 0 Å². The molecule has 0 aliphatic carbocycles. The van der Waals surface area contributed by atoms with Gasteiger partial charge in [-0.15, -0.1) is 0 Å². The van der Waals surface area contributed by atoms with Crippen molar-refractivity contribution in [2.45, 2.75) is 60.0 Å². The van der Waals surface area contributed by atoms with Crippen molar-refractivity contribution in [3.8, 4) is 0 Å². The molecular weight excluding hydrogens is 260 g/mol. The van der Waals surface area contributed by atoms with Crippen LogP contribution in [0.3, 0.4) is 0 Å². The Bertz CT molecular complexity index is 437. The molecule has 0 aromatic carbocycles. The van der Waals surface area contributed by atoms with E-state index in [2.05, 4.69) is 61.7 Å². The van der Waals surface area contributed by atoms with Crippen LogP contribution in [-0.4, -0.2) is 41.0 Å². The number of nitrogens with zero attached hydrogens (tertiary/aromatic N) is 3. The van der Waals surface area contributed by atoms with Gasteiger partial charge < -0.3 is 10.2 Å². The number of hydrogen-bond donors (Lipinski definition) is 1. The molecule has 0 fully saturated rings. The molecule has 0 aliphatic heterocycles. The van der Waals surface area contributed by atoms with E-state index in [-0.39, 0.29) is 5.54 Å². The topological polar surface area (TPSA) is 41.1 Å². The van der Waals surface area contributed by atoms with Crippen molar-refractivity contribution in [2.24, 2.45) is 5.92 Å². The summed E-state index contributed by atoms with van der Waals surface area (Å²) >= 11 is 0. The third-order valence-electron chi connectivity index (χ3n) is 3.46. The van der Waals surface area contributed by atoms with Crippen LogP contribution in [0.4, 0.5) is 0 Å². The Balaban J connectivity index is 2.75. The van der Waals surface area contributed by atoms with Gasteiger partial charge in [-0.3, -0.25) is 0 Å². The molecule has 1 aromatic heterocycles. The van der Waals surface area contributed by atoms with Gasteiger partial charge in [-0.25, -0.2) is 9.97 Å². The summed E-state index contributed by atoms with van der Waals surface area (Å²) < 4.78 is 0. The average Bonchev–Trinajstić information content (AvgIpc) is 2.29. The lowest BCUT2D eigenvalue weighted by atomic mass is 9.97. The standard InChI is InChI=1S/C17H32N4/c1-12(10-18-17(4,5)6)9-15-13(2)19-16(11-21(7)8)20-14(15)3/h12,18H,9-11H2,1-8H3. The lowest BCUT2D eigenvalue weighted by molar-refractivity contribution is 0.379. The second-order valence-electron chi connectivity index (χ2n) is 7.47. The van der Waals surface area contributed by atoms with Crippen molar-refractivity contribution in [1.29, 1.82) is 0 Å². The number of nitrogens with one attached hydrogen (secondary N) is 1. The predicted molar refractivity (Wildman–Crippen MR) is 89.5 cm³/mol.